The zero-order valence-electron chi connectivity index (χ0n) is 43.2. The highest BCUT2D eigenvalue weighted by Gasteiger charge is 2.30. The Bertz CT molecular complexity index is 1260. The number of phosphoric acid groups is 1. The number of nitrogens with one attached hydrogen (secondary N) is 1. The van der Waals surface area contributed by atoms with Crippen molar-refractivity contribution >= 4 is 19.7 Å². The SMILES string of the molecule is CC/C=C/C=C/C=C/CCCCCCCCCC(=O)NC(COP(=O)(O)OCC[N+](C)(C)C)C(/C=C/CCCCCCCCCCC)OC(=O)CCCCCCCCCCCCCCC. The number of amides is 1. The number of carbonyl (C=O) groups excluding carboxylic acids is 2. The maximum Gasteiger partial charge on any atom is 0.472 e. The highest BCUT2D eigenvalue weighted by molar-refractivity contribution is 7.47. The standard InChI is InChI=1S/C55H103N2O7P/c1-7-10-13-16-19-22-25-27-28-30-32-35-38-41-44-47-54(58)56-52(51-63-65(60,61)62-50-49-57(4,5)6)53(46-43-40-37-34-31-24-21-18-15-12-9-3)64-55(59)48-45-42-39-36-33-29-26-23-20-17-14-11-8-2/h10,13,16,19,22,25,43,46,52-53H,7-9,11-12,14-15,17-18,20-21,23-24,26-42,44-45,47-51H2,1-6H3,(H-,56,58,60,61)/p+1/b13-10+,19-16+,25-22+,46-43+. The summed E-state index contributed by atoms with van der Waals surface area (Å²) in [6.07, 6.45) is 53.8. The van der Waals surface area contributed by atoms with Crippen LogP contribution in [0.1, 0.15) is 239 Å². The number of quaternary nitrogens is 1. The average Bonchev–Trinajstić information content (AvgIpc) is 3.26. The van der Waals surface area contributed by atoms with E-state index in [0.717, 1.165) is 77.0 Å². The minimum atomic E-state index is -4.44. The van der Waals surface area contributed by atoms with Gasteiger partial charge in [0.25, 0.3) is 0 Å². The van der Waals surface area contributed by atoms with Crippen LogP contribution < -0.4 is 5.32 Å². The van der Waals surface area contributed by atoms with Gasteiger partial charge >= 0.3 is 13.8 Å². The third-order valence-corrected chi connectivity index (χ3v) is 12.8. The van der Waals surface area contributed by atoms with Gasteiger partial charge in [0.05, 0.1) is 33.8 Å². The van der Waals surface area contributed by atoms with Gasteiger partial charge in [-0.15, -0.1) is 0 Å². The first-order valence-corrected chi connectivity index (χ1v) is 28.5. The van der Waals surface area contributed by atoms with Crippen LogP contribution in [0.25, 0.3) is 0 Å². The van der Waals surface area contributed by atoms with Crippen LogP contribution in [-0.2, 0) is 27.9 Å². The third-order valence-electron chi connectivity index (χ3n) is 11.8. The van der Waals surface area contributed by atoms with E-state index in [1.165, 1.54) is 128 Å². The summed E-state index contributed by atoms with van der Waals surface area (Å²) in [5.41, 5.74) is 0. The molecular formula is C55H104N2O7P+. The number of hydrogen-bond acceptors (Lipinski definition) is 6. The number of allylic oxidation sites excluding steroid dienone is 7. The summed E-state index contributed by atoms with van der Waals surface area (Å²) in [4.78, 5) is 37.4. The smallest absolute Gasteiger partial charge is 0.456 e. The Balaban J connectivity index is 5.38. The van der Waals surface area contributed by atoms with E-state index in [2.05, 4.69) is 62.5 Å². The Labute approximate surface area is 401 Å². The van der Waals surface area contributed by atoms with Gasteiger partial charge in [0.15, 0.2) is 0 Å². The van der Waals surface area contributed by atoms with Crippen LogP contribution in [0.15, 0.2) is 48.6 Å². The van der Waals surface area contributed by atoms with E-state index in [1.807, 2.05) is 33.3 Å². The van der Waals surface area contributed by atoms with Crippen LogP contribution in [0.4, 0.5) is 0 Å². The van der Waals surface area contributed by atoms with Crippen LogP contribution in [0.2, 0.25) is 0 Å². The normalized spacial score (nSPS) is 14.3. The van der Waals surface area contributed by atoms with Gasteiger partial charge < -0.3 is 19.4 Å². The van der Waals surface area contributed by atoms with Crippen molar-refractivity contribution < 1.29 is 37.3 Å². The molecule has 3 atom stereocenters. The van der Waals surface area contributed by atoms with Gasteiger partial charge in [-0.25, -0.2) is 4.57 Å². The molecule has 0 aromatic carbocycles. The summed E-state index contributed by atoms with van der Waals surface area (Å²) in [6, 6.07) is -0.850. The van der Waals surface area contributed by atoms with Crippen molar-refractivity contribution in [1.82, 2.24) is 5.32 Å². The predicted octanol–water partition coefficient (Wildman–Crippen LogP) is 15.8. The molecule has 1 amide bonds. The highest BCUT2D eigenvalue weighted by atomic mass is 31.2. The summed E-state index contributed by atoms with van der Waals surface area (Å²) in [5, 5.41) is 3.03. The topological polar surface area (TPSA) is 111 Å². The lowest BCUT2D eigenvalue weighted by Gasteiger charge is -2.27. The fraction of sp³-hybridized carbons (Fsp3) is 0.818. The van der Waals surface area contributed by atoms with E-state index < -0.39 is 20.0 Å². The van der Waals surface area contributed by atoms with E-state index in [-0.39, 0.29) is 25.1 Å². The van der Waals surface area contributed by atoms with Gasteiger partial charge in [0.1, 0.15) is 19.3 Å². The predicted molar refractivity (Wildman–Crippen MR) is 277 cm³/mol. The molecule has 0 spiro atoms. The molecule has 0 aliphatic heterocycles. The molecule has 0 aliphatic rings. The number of ether oxygens (including phenoxy) is 1. The number of likely N-dealkylation sites (N-methyl/N-ethyl adjacent to an activating group) is 1. The monoisotopic (exact) mass is 936 g/mol. The molecule has 0 rings (SSSR count). The van der Waals surface area contributed by atoms with Gasteiger partial charge in [0, 0.05) is 12.8 Å². The van der Waals surface area contributed by atoms with Crippen LogP contribution >= 0.6 is 7.82 Å². The van der Waals surface area contributed by atoms with E-state index in [4.69, 9.17) is 13.8 Å². The molecule has 65 heavy (non-hydrogen) atoms. The number of phosphoric ester groups is 1. The van der Waals surface area contributed by atoms with Gasteiger partial charge in [-0.2, -0.15) is 0 Å². The number of rotatable bonds is 48. The quantitative estimate of drug-likeness (QED) is 0.0156. The molecule has 0 aliphatic carbocycles. The number of hydrogen-bond donors (Lipinski definition) is 2. The Morgan fingerprint density at radius 3 is 1.46 bits per heavy atom. The summed E-state index contributed by atoms with van der Waals surface area (Å²) in [6.45, 7) is 6.86. The molecule has 0 aromatic heterocycles. The Hall–Kier alpha value is -2.03. The first-order valence-electron chi connectivity index (χ1n) is 27.0. The lowest BCUT2D eigenvalue weighted by molar-refractivity contribution is -0.870. The Morgan fingerprint density at radius 1 is 0.554 bits per heavy atom. The number of unbranched alkanes of at least 4 members (excludes halogenated alkanes) is 28. The number of nitrogens with zero attached hydrogens (tertiary/aromatic N) is 1. The molecule has 2 N–H and O–H groups in total. The number of esters is 1. The lowest BCUT2D eigenvalue weighted by atomic mass is 10.0. The second-order valence-electron chi connectivity index (χ2n) is 19.4. The van der Waals surface area contributed by atoms with Crippen LogP contribution in [-0.4, -0.2) is 74.3 Å². The fourth-order valence-corrected chi connectivity index (χ4v) is 8.38. The molecule has 0 radical (unpaired) electrons. The molecule has 0 aromatic rings. The van der Waals surface area contributed by atoms with E-state index in [9.17, 15) is 19.0 Å². The van der Waals surface area contributed by atoms with Crippen molar-refractivity contribution in [3.05, 3.63) is 48.6 Å². The zero-order valence-corrected chi connectivity index (χ0v) is 44.1. The van der Waals surface area contributed by atoms with Crippen molar-refractivity contribution in [2.75, 3.05) is 40.9 Å². The first-order chi connectivity index (χ1) is 31.4. The molecule has 380 valence electrons. The molecule has 9 nitrogen and oxygen atoms in total. The maximum atomic E-state index is 13.4. The van der Waals surface area contributed by atoms with Crippen molar-refractivity contribution in [2.24, 2.45) is 0 Å². The lowest BCUT2D eigenvalue weighted by Crippen LogP contribution is -2.47. The second-order valence-corrected chi connectivity index (χ2v) is 20.9. The molecular weight excluding hydrogens is 832 g/mol. The molecule has 0 heterocycles. The summed E-state index contributed by atoms with van der Waals surface area (Å²) in [5.74, 6) is -0.516. The van der Waals surface area contributed by atoms with Gasteiger partial charge in [-0.1, -0.05) is 224 Å². The third kappa shape index (κ3) is 46.9. The molecule has 0 saturated carbocycles. The fourth-order valence-electron chi connectivity index (χ4n) is 7.65. The van der Waals surface area contributed by atoms with Crippen molar-refractivity contribution in [3.8, 4) is 0 Å². The second kappa shape index (κ2) is 45.7. The van der Waals surface area contributed by atoms with Crippen LogP contribution in [0.5, 0.6) is 0 Å². The maximum absolute atomic E-state index is 13.4. The van der Waals surface area contributed by atoms with E-state index >= 15 is 0 Å². The summed E-state index contributed by atoms with van der Waals surface area (Å²) >= 11 is 0. The van der Waals surface area contributed by atoms with Crippen LogP contribution in [0, 0.1) is 0 Å². The first kappa shape index (κ1) is 63.0. The Morgan fingerprint density at radius 2 is 0.985 bits per heavy atom. The van der Waals surface area contributed by atoms with E-state index in [1.54, 1.807) is 0 Å². The van der Waals surface area contributed by atoms with Crippen molar-refractivity contribution in [3.63, 3.8) is 0 Å². The van der Waals surface area contributed by atoms with Crippen molar-refractivity contribution in [1.29, 1.82) is 0 Å². The highest BCUT2D eigenvalue weighted by Crippen LogP contribution is 2.43. The number of carbonyl (C=O) groups is 2. The van der Waals surface area contributed by atoms with Gasteiger partial charge in [-0.05, 0) is 51.0 Å². The van der Waals surface area contributed by atoms with Crippen LogP contribution in [0.3, 0.4) is 0 Å². The van der Waals surface area contributed by atoms with Crippen molar-refractivity contribution in [2.45, 2.75) is 251 Å². The molecule has 10 heteroatoms. The molecule has 3 unspecified atom stereocenters. The minimum Gasteiger partial charge on any atom is -0.456 e. The minimum absolute atomic E-state index is 0.0380. The molecule has 0 bridgehead atoms. The molecule has 0 fully saturated rings. The zero-order chi connectivity index (χ0) is 48.0. The largest absolute Gasteiger partial charge is 0.472 e. The van der Waals surface area contributed by atoms with E-state index in [0.29, 0.717) is 23.9 Å². The average molecular weight is 936 g/mol. The van der Waals surface area contributed by atoms with Gasteiger partial charge in [-0.3, -0.25) is 18.6 Å². The van der Waals surface area contributed by atoms with Gasteiger partial charge in [0.2, 0.25) is 5.91 Å². The molecule has 0 saturated heterocycles. The summed E-state index contributed by atoms with van der Waals surface area (Å²) in [7, 11) is 1.49. The summed E-state index contributed by atoms with van der Waals surface area (Å²) < 4.78 is 30.5. The Kier molecular flexibility index (Phi) is 44.3.